The summed E-state index contributed by atoms with van der Waals surface area (Å²) in [7, 11) is 0. The second-order valence-corrected chi connectivity index (χ2v) is 6.54. The van der Waals surface area contributed by atoms with Crippen LogP contribution in [0.5, 0.6) is 0 Å². The molecule has 8 heteroatoms. The lowest BCUT2D eigenvalue weighted by Gasteiger charge is -2.15. The number of ether oxygens (including phenoxy) is 3. The van der Waals surface area contributed by atoms with Crippen LogP contribution in [0.25, 0.3) is 0 Å². The number of esters is 1. The maximum Gasteiger partial charge on any atom is 0.377 e. The van der Waals surface area contributed by atoms with E-state index < -0.39 is 18.5 Å². The van der Waals surface area contributed by atoms with Crippen LogP contribution < -0.4 is 10.6 Å². The first-order chi connectivity index (χ1) is 14.5. The van der Waals surface area contributed by atoms with Crippen molar-refractivity contribution in [1.29, 1.82) is 0 Å². The molecule has 1 aliphatic rings. The molecule has 2 amide bonds. The van der Waals surface area contributed by atoms with Crippen molar-refractivity contribution < 1.29 is 28.6 Å². The Balaban J connectivity index is 1.55. The van der Waals surface area contributed by atoms with Gasteiger partial charge >= 0.3 is 5.97 Å². The third kappa shape index (κ3) is 5.84. The lowest BCUT2D eigenvalue weighted by Crippen LogP contribution is -2.27. The summed E-state index contributed by atoms with van der Waals surface area (Å²) in [6.07, 6.45) is 1.15. The van der Waals surface area contributed by atoms with Gasteiger partial charge in [0.2, 0.25) is 5.76 Å². The smallest absolute Gasteiger partial charge is 0.377 e. The molecule has 0 unspecified atom stereocenters. The van der Waals surface area contributed by atoms with Crippen molar-refractivity contribution in [2.75, 3.05) is 25.1 Å². The molecule has 0 aromatic heterocycles. The van der Waals surface area contributed by atoms with Gasteiger partial charge in [-0.2, -0.15) is 0 Å². The topological polar surface area (TPSA) is 103 Å². The molecule has 2 aromatic carbocycles. The Morgan fingerprint density at radius 3 is 2.53 bits per heavy atom. The van der Waals surface area contributed by atoms with E-state index in [-0.39, 0.29) is 18.3 Å². The van der Waals surface area contributed by atoms with E-state index in [1.807, 2.05) is 31.2 Å². The summed E-state index contributed by atoms with van der Waals surface area (Å²) in [6.45, 7) is 2.40. The summed E-state index contributed by atoms with van der Waals surface area (Å²) in [5.41, 5.74) is 2.72. The Kier molecular flexibility index (Phi) is 7.05. The molecule has 0 atom stereocenters. The number of carbonyl (C=O) groups excluding carboxylic acids is 3. The number of anilines is 1. The predicted octanol–water partition coefficient (Wildman–Crippen LogP) is 2.29. The van der Waals surface area contributed by atoms with Gasteiger partial charge in [0.1, 0.15) is 19.5 Å². The molecule has 0 aliphatic carbocycles. The molecule has 1 heterocycles. The van der Waals surface area contributed by atoms with Crippen LogP contribution in [-0.4, -0.2) is 37.6 Å². The van der Waals surface area contributed by atoms with Crippen LogP contribution >= 0.6 is 0 Å². The Labute approximate surface area is 173 Å². The van der Waals surface area contributed by atoms with E-state index in [4.69, 9.17) is 14.2 Å². The first kappa shape index (κ1) is 20.9. The van der Waals surface area contributed by atoms with Gasteiger partial charge in [0, 0.05) is 6.54 Å². The molecule has 0 bridgehead atoms. The molecule has 1 aliphatic heterocycles. The maximum absolute atomic E-state index is 12.6. The highest BCUT2D eigenvalue weighted by atomic mass is 16.6. The molecule has 156 valence electrons. The van der Waals surface area contributed by atoms with Crippen LogP contribution in [0.2, 0.25) is 0 Å². The van der Waals surface area contributed by atoms with Crippen molar-refractivity contribution >= 4 is 23.5 Å². The average molecular weight is 410 g/mol. The van der Waals surface area contributed by atoms with Gasteiger partial charge < -0.3 is 24.8 Å². The molecular weight excluding hydrogens is 388 g/mol. The normalized spacial score (nSPS) is 12.6. The fourth-order valence-corrected chi connectivity index (χ4v) is 2.64. The van der Waals surface area contributed by atoms with Gasteiger partial charge in [0.05, 0.1) is 11.3 Å². The molecule has 0 spiro atoms. The van der Waals surface area contributed by atoms with E-state index in [9.17, 15) is 14.4 Å². The minimum atomic E-state index is -0.797. The highest BCUT2D eigenvalue weighted by molar-refractivity contribution is 6.04. The number of hydrogen-bond donors (Lipinski definition) is 2. The van der Waals surface area contributed by atoms with Crippen LogP contribution in [-0.2, 0) is 30.3 Å². The number of para-hydroxylation sites is 1. The number of benzene rings is 2. The van der Waals surface area contributed by atoms with Crippen LogP contribution in [0.1, 0.15) is 21.5 Å². The van der Waals surface area contributed by atoms with Gasteiger partial charge in [-0.3, -0.25) is 9.59 Å². The summed E-state index contributed by atoms with van der Waals surface area (Å²) < 4.78 is 15.0. The van der Waals surface area contributed by atoms with Crippen LogP contribution in [0.15, 0.2) is 60.6 Å². The third-order valence-electron chi connectivity index (χ3n) is 4.20. The number of aryl methyl sites for hydroxylation is 1. The van der Waals surface area contributed by atoms with Crippen molar-refractivity contribution in [3.8, 4) is 0 Å². The number of nitrogens with one attached hydrogen (secondary N) is 2. The van der Waals surface area contributed by atoms with E-state index in [0.717, 1.165) is 17.4 Å². The molecule has 2 N–H and O–H groups in total. The van der Waals surface area contributed by atoms with Crippen molar-refractivity contribution in [1.82, 2.24) is 5.32 Å². The van der Waals surface area contributed by atoms with E-state index in [0.29, 0.717) is 24.4 Å². The first-order valence-corrected chi connectivity index (χ1v) is 9.37. The molecule has 3 rings (SSSR count). The molecular formula is C22H22N2O6. The van der Waals surface area contributed by atoms with Gasteiger partial charge in [-0.25, -0.2) is 4.79 Å². The van der Waals surface area contributed by atoms with Crippen molar-refractivity contribution in [3.05, 3.63) is 77.2 Å². The molecule has 8 nitrogen and oxygen atoms in total. The molecule has 2 aromatic rings. The number of carbonyl (C=O) groups is 3. The number of amides is 2. The van der Waals surface area contributed by atoms with E-state index in [2.05, 4.69) is 10.6 Å². The molecule has 0 saturated carbocycles. The molecule has 30 heavy (non-hydrogen) atoms. The van der Waals surface area contributed by atoms with Gasteiger partial charge in [0.25, 0.3) is 11.8 Å². The summed E-state index contributed by atoms with van der Waals surface area (Å²) in [5.74, 6) is -1.81. The highest BCUT2D eigenvalue weighted by Gasteiger charge is 2.19. The first-order valence-electron chi connectivity index (χ1n) is 9.37. The maximum atomic E-state index is 12.6. The predicted molar refractivity (Wildman–Crippen MR) is 108 cm³/mol. The minimum absolute atomic E-state index is 0.0927. The van der Waals surface area contributed by atoms with Gasteiger partial charge in [-0.1, -0.05) is 42.0 Å². The van der Waals surface area contributed by atoms with E-state index in [1.165, 1.54) is 0 Å². The Morgan fingerprint density at radius 2 is 1.80 bits per heavy atom. The quantitative estimate of drug-likeness (QED) is 0.679. The Hall–Kier alpha value is -3.81. The minimum Gasteiger partial charge on any atom is -0.493 e. The largest absolute Gasteiger partial charge is 0.493 e. The fraction of sp³-hybridized carbons (Fsp3) is 0.227. The monoisotopic (exact) mass is 410 g/mol. The van der Waals surface area contributed by atoms with Crippen molar-refractivity contribution in [2.24, 2.45) is 0 Å². The highest BCUT2D eigenvalue weighted by Crippen LogP contribution is 2.15. The van der Waals surface area contributed by atoms with Gasteiger partial charge in [0.15, 0.2) is 6.61 Å². The fourth-order valence-electron chi connectivity index (χ4n) is 2.64. The van der Waals surface area contributed by atoms with Crippen LogP contribution in [0.4, 0.5) is 5.69 Å². The third-order valence-corrected chi connectivity index (χ3v) is 4.20. The van der Waals surface area contributed by atoms with Crippen LogP contribution in [0, 0.1) is 6.92 Å². The van der Waals surface area contributed by atoms with E-state index >= 15 is 0 Å². The Morgan fingerprint density at radius 1 is 1.03 bits per heavy atom. The SMILES string of the molecule is Cc1ccc(CNC(=O)c2ccccc2NC(=O)COC(=O)C2=COCCO2)cc1. The summed E-state index contributed by atoms with van der Waals surface area (Å²) in [4.78, 5) is 36.6. The van der Waals surface area contributed by atoms with E-state index in [1.54, 1.807) is 24.3 Å². The number of hydrogen-bond acceptors (Lipinski definition) is 6. The summed E-state index contributed by atoms with van der Waals surface area (Å²) in [6, 6.07) is 14.4. The second-order valence-electron chi connectivity index (χ2n) is 6.54. The molecule has 0 radical (unpaired) electrons. The van der Waals surface area contributed by atoms with Crippen molar-refractivity contribution in [3.63, 3.8) is 0 Å². The average Bonchev–Trinajstić information content (AvgIpc) is 2.78. The van der Waals surface area contributed by atoms with Gasteiger partial charge in [-0.05, 0) is 24.6 Å². The number of rotatable bonds is 7. The standard InChI is InChI=1S/C22H22N2O6/c1-15-6-8-16(9-7-15)12-23-21(26)17-4-2-3-5-18(17)24-20(25)14-30-22(27)19-13-28-10-11-29-19/h2-9,13H,10-12,14H2,1H3,(H,23,26)(H,24,25). The molecule has 0 saturated heterocycles. The van der Waals surface area contributed by atoms with Gasteiger partial charge in [-0.15, -0.1) is 0 Å². The lowest BCUT2D eigenvalue weighted by atomic mass is 10.1. The zero-order chi connectivity index (χ0) is 21.3. The molecule has 0 fully saturated rings. The lowest BCUT2D eigenvalue weighted by molar-refractivity contribution is -0.148. The van der Waals surface area contributed by atoms with Crippen molar-refractivity contribution in [2.45, 2.75) is 13.5 Å². The zero-order valence-corrected chi connectivity index (χ0v) is 16.5. The second kappa shape index (κ2) is 10.1. The zero-order valence-electron chi connectivity index (χ0n) is 16.5. The summed E-state index contributed by atoms with van der Waals surface area (Å²) >= 11 is 0. The van der Waals surface area contributed by atoms with Crippen LogP contribution in [0.3, 0.4) is 0 Å². The Bertz CT molecular complexity index is 952. The summed E-state index contributed by atoms with van der Waals surface area (Å²) in [5, 5.41) is 5.41.